The van der Waals surface area contributed by atoms with Crippen LogP contribution in [0.2, 0.25) is 0 Å². The van der Waals surface area contributed by atoms with Gasteiger partial charge in [0.05, 0.1) is 13.2 Å². The number of carbonyl (C=O) groups excluding carboxylic acids is 1. The maximum absolute atomic E-state index is 12.7. The van der Waals surface area contributed by atoms with Gasteiger partial charge in [-0.15, -0.1) is 0 Å². The van der Waals surface area contributed by atoms with Gasteiger partial charge >= 0.3 is 0 Å². The van der Waals surface area contributed by atoms with Crippen molar-refractivity contribution in [2.24, 2.45) is 0 Å². The average Bonchev–Trinajstić information content (AvgIpc) is 3.11. The number of benzene rings is 2. The first kappa shape index (κ1) is 16.3. The Morgan fingerprint density at radius 3 is 2.77 bits per heavy atom. The molecule has 0 aliphatic carbocycles. The summed E-state index contributed by atoms with van der Waals surface area (Å²) in [6.07, 6.45) is 0. The van der Waals surface area contributed by atoms with Crippen molar-refractivity contribution in [3.8, 4) is 17.2 Å². The van der Waals surface area contributed by atoms with Crippen molar-refractivity contribution in [1.82, 2.24) is 5.32 Å². The number of para-hydroxylation sites is 1. The van der Waals surface area contributed by atoms with Gasteiger partial charge in [-0.1, -0.05) is 18.2 Å². The van der Waals surface area contributed by atoms with E-state index in [1.54, 1.807) is 12.1 Å². The van der Waals surface area contributed by atoms with E-state index in [2.05, 4.69) is 5.32 Å². The molecule has 0 unspecified atom stereocenters. The van der Waals surface area contributed by atoms with Crippen LogP contribution in [0.3, 0.4) is 0 Å². The Balaban J connectivity index is 1.57. The van der Waals surface area contributed by atoms with Gasteiger partial charge in [0, 0.05) is 10.9 Å². The first-order chi connectivity index (χ1) is 12.7. The second-order valence-electron chi connectivity index (χ2n) is 6.08. The van der Waals surface area contributed by atoms with Crippen LogP contribution in [0, 0.1) is 0 Å². The lowest BCUT2D eigenvalue weighted by Crippen LogP contribution is -2.26. The van der Waals surface area contributed by atoms with Crippen LogP contribution in [0.5, 0.6) is 17.2 Å². The van der Waals surface area contributed by atoms with E-state index in [0.717, 1.165) is 11.0 Å². The maximum atomic E-state index is 12.7. The number of ether oxygens (including phenoxy) is 3. The topological polar surface area (TPSA) is 69.9 Å². The van der Waals surface area contributed by atoms with Gasteiger partial charge in [0.2, 0.25) is 5.75 Å². The van der Waals surface area contributed by atoms with Crippen molar-refractivity contribution >= 4 is 16.9 Å². The normalized spacial score (nSPS) is 14.1. The molecule has 26 heavy (non-hydrogen) atoms. The molecule has 3 aromatic rings. The predicted molar refractivity (Wildman–Crippen MR) is 96.1 cm³/mol. The van der Waals surface area contributed by atoms with Gasteiger partial charge in [0.25, 0.3) is 5.91 Å². The van der Waals surface area contributed by atoms with Crippen LogP contribution in [0.15, 0.2) is 46.9 Å². The van der Waals surface area contributed by atoms with E-state index in [0.29, 0.717) is 41.8 Å². The summed E-state index contributed by atoms with van der Waals surface area (Å²) in [5, 5.41) is 3.95. The van der Waals surface area contributed by atoms with Gasteiger partial charge in [-0.05, 0) is 31.2 Å². The van der Waals surface area contributed by atoms with E-state index in [-0.39, 0.29) is 11.9 Å². The Hall–Kier alpha value is -3.15. The molecule has 0 fully saturated rings. The highest BCUT2D eigenvalue weighted by molar-refractivity contribution is 5.96. The zero-order chi connectivity index (χ0) is 18.1. The van der Waals surface area contributed by atoms with Crippen molar-refractivity contribution in [2.75, 3.05) is 20.3 Å². The second-order valence-corrected chi connectivity index (χ2v) is 6.08. The number of rotatable bonds is 4. The monoisotopic (exact) mass is 353 g/mol. The van der Waals surface area contributed by atoms with E-state index in [4.69, 9.17) is 18.6 Å². The van der Waals surface area contributed by atoms with E-state index in [1.807, 2.05) is 37.3 Å². The predicted octanol–water partition coefficient (Wildman–Crippen LogP) is 3.70. The summed E-state index contributed by atoms with van der Waals surface area (Å²) in [4.78, 5) is 12.7. The van der Waals surface area contributed by atoms with E-state index in [9.17, 15) is 4.79 Å². The largest absolute Gasteiger partial charge is 0.493 e. The van der Waals surface area contributed by atoms with E-state index < -0.39 is 0 Å². The fourth-order valence-electron chi connectivity index (χ4n) is 2.97. The van der Waals surface area contributed by atoms with Gasteiger partial charge < -0.3 is 23.9 Å². The zero-order valence-electron chi connectivity index (χ0n) is 14.6. The van der Waals surface area contributed by atoms with Crippen molar-refractivity contribution < 1.29 is 23.4 Å². The molecule has 0 bridgehead atoms. The molecule has 1 amide bonds. The number of fused-ring (bicyclic) bond motifs is 2. The number of hydrogen-bond donors (Lipinski definition) is 1. The quantitative estimate of drug-likeness (QED) is 0.774. The number of furan rings is 1. The van der Waals surface area contributed by atoms with Crippen molar-refractivity contribution in [3.63, 3.8) is 0 Å². The molecule has 6 nitrogen and oxygen atoms in total. The highest BCUT2D eigenvalue weighted by atomic mass is 16.6. The zero-order valence-corrected chi connectivity index (χ0v) is 14.6. The van der Waals surface area contributed by atoms with Gasteiger partial charge in [0.15, 0.2) is 11.5 Å². The average molecular weight is 353 g/mol. The number of nitrogens with one attached hydrogen (secondary N) is 1. The Kier molecular flexibility index (Phi) is 4.16. The third-order valence-corrected chi connectivity index (χ3v) is 4.31. The van der Waals surface area contributed by atoms with E-state index >= 15 is 0 Å². The molecule has 2 aromatic carbocycles. The Morgan fingerprint density at radius 1 is 1.15 bits per heavy atom. The fourth-order valence-corrected chi connectivity index (χ4v) is 2.97. The second kappa shape index (κ2) is 6.63. The smallest absolute Gasteiger partial charge is 0.252 e. The third-order valence-electron chi connectivity index (χ3n) is 4.31. The van der Waals surface area contributed by atoms with Crippen molar-refractivity contribution in [3.05, 3.63) is 53.8 Å². The summed E-state index contributed by atoms with van der Waals surface area (Å²) in [5.41, 5.74) is 1.23. The van der Waals surface area contributed by atoms with Crippen LogP contribution in [0.25, 0.3) is 11.0 Å². The molecule has 2 heterocycles. The maximum Gasteiger partial charge on any atom is 0.252 e. The summed E-state index contributed by atoms with van der Waals surface area (Å²) >= 11 is 0. The van der Waals surface area contributed by atoms with Crippen molar-refractivity contribution in [1.29, 1.82) is 0 Å². The van der Waals surface area contributed by atoms with Gasteiger partial charge in [-0.25, -0.2) is 0 Å². The molecule has 0 saturated heterocycles. The molecule has 0 spiro atoms. The summed E-state index contributed by atoms with van der Waals surface area (Å²) in [7, 11) is 1.53. The van der Waals surface area contributed by atoms with Crippen LogP contribution >= 0.6 is 0 Å². The standard InChI is InChI=1S/C20H19NO5/c1-12(16-9-13-5-3-4-6-15(13)26-16)21-20(22)14-10-17(23-2)19-18(11-14)24-7-8-25-19/h3-6,9-12H,7-8H2,1-2H3,(H,21,22)/t12-/m0/s1. The molecule has 1 aromatic heterocycles. The number of methoxy groups -OCH3 is 1. The summed E-state index contributed by atoms with van der Waals surface area (Å²) in [6.45, 7) is 2.78. The fraction of sp³-hybridized carbons (Fsp3) is 0.250. The van der Waals surface area contributed by atoms with Crippen molar-refractivity contribution in [2.45, 2.75) is 13.0 Å². The number of amides is 1. The summed E-state index contributed by atoms with van der Waals surface area (Å²) in [5.74, 6) is 1.97. The molecule has 1 atom stereocenters. The van der Waals surface area contributed by atoms with Gasteiger partial charge in [-0.2, -0.15) is 0 Å². The first-order valence-corrected chi connectivity index (χ1v) is 8.42. The molecular formula is C20H19NO5. The Morgan fingerprint density at radius 2 is 1.96 bits per heavy atom. The van der Waals surface area contributed by atoms with Crippen LogP contribution in [-0.2, 0) is 0 Å². The molecule has 1 N–H and O–H groups in total. The molecule has 1 aliphatic rings. The molecule has 6 heteroatoms. The Bertz CT molecular complexity index is 912. The van der Waals surface area contributed by atoms with Crippen LogP contribution in [-0.4, -0.2) is 26.2 Å². The highest BCUT2D eigenvalue weighted by Crippen LogP contribution is 2.40. The van der Waals surface area contributed by atoms with Gasteiger partial charge in [-0.3, -0.25) is 4.79 Å². The Labute approximate surface area is 150 Å². The SMILES string of the molecule is COc1cc(C(=O)N[C@@H](C)c2cc3ccccc3o2)cc2c1OCCO2. The van der Waals surface area contributed by atoms with E-state index in [1.165, 1.54) is 7.11 Å². The number of carbonyl (C=O) groups is 1. The minimum atomic E-state index is -0.283. The van der Waals surface area contributed by atoms with Crippen LogP contribution in [0.1, 0.15) is 29.1 Å². The molecule has 1 aliphatic heterocycles. The van der Waals surface area contributed by atoms with Gasteiger partial charge in [0.1, 0.15) is 24.6 Å². The minimum Gasteiger partial charge on any atom is -0.493 e. The molecule has 134 valence electrons. The lowest BCUT2D eigenvalue weighted by Gasteiger charge is -2.21. The lowest BCUT2D eigenvalue weighted by molar-refractivity contribution is 0.0933. The summed E-state index contributed by atoms with van der Waals surface area (Å²) < 4.78 is 22.3. The first-order valence-electron chi connectivity index (χ1n) is 8.42. The lowest BCUT2D eigenvalue weighted by atomic mass is 10.1. The van der Waals surface area contributed by atoms with Crippen LogP contribution in [0.4, 0.5) is 0 Å². The van der Waals surface area contributed by atoms with Crippen LogP contribution < -0.4 is 19.5 Å². The minimum absolute atomic E-state index is 0.242. The summed E-state index contributed by atoms with van der Waals surface area (Å²) in [6, 6.07) is 12.7. The number of hydrogen-bond acceptors (Lipinski definition) is 5. The third kappa shape index (κ3) is 2.94. The molecule has 0 saturated carbocycles. The molecular weight excluding hydrogens is 334 g/mol. The molecule has 0 radical (unpaired) electrons. The highest BCUT2D eigenvalue weighted by Gasteiger charge is 2.22. The molecule has 4 rings (SSSR count).